The number of carboxylic acid groups (broad SMARTS) is 1. The summed E-state index contributed by atoms with van der Waals surface area (Å²) in [5, 5.41) is 12.7. The molecule has 2 heterocycles. The normalized spacial score (nSPS) is 14.6. The molecular weight excluding hydrogens is 354 g/mol. The second-order valence-electron chi connectivity index (χ2n) is 6.27. The largest absolute Gasteiger partial charge is 0.478 e. The number of hydrogen-bond acceptors (Lipinski definition) is 4. The van der Waals surface area contributed by atoms with Crippen LogP contribution in [0, 0.1) is 0 Å². The molecule has 2 aromatic rings. The first-order chi connectivity index (χ1) is 12.5. The molecule has 1 saturated heterocycles. The van der Waals surface area contributed by atoms with Crippen molar-refractivity contribution < 1.29 is 14.7 Å². The van der Waals surface area contributed by atoms with E-state index in [1.165, 1.54) is 12.3 Å². The lowest BCUT2D eigenvalue weighted by molar-refractivity contribution is 0.0696. The minimum atomic E-state index is -1.06. The summed E-state index contributed by atoms with van der Waals surface area (Å²) in [6, 6.07) is 8.00. The molecule has 1 aliphatic heterocycles. The number of amides is 1. The lowest BCUT2D eigenvalue weighted by Gasteiger charge is -2.23. The van der Waals surface area contributed by atoms with Gasteiger partial charge in [0.2, 0.25) is 0 Å². The number of carbonyl (C=O) groups excluding carboxylic acids is 1. The number of rotatable bonds is 4. The molecular formula is C19H20ClN3O3. The minimum absolute atomic E-state index is 0.0933. The average molecular weight is 374 g/mol. The molecule has 0 bridgehead atoms. The monoisotopic (exact) mass is 373 g/mol. The maximum atomic E-state index is 12.3. The van der Waals surface area contributed by atoms with Crippen LogP contribution in [0.2, 0.25) is 5.02 Å². The van der Waals surface area contributed by atoms with Crippen LogP contribution in [0.3, 0.4) is 0 Å². The maximum absolute atomic E-state index is 12.3. The summed E-state index contributed by atoms with van der Waals surface area (Å²) in [6.45, 7) is 1.59. The Balaban J connectivity index is 1.84. The van der Waals surface area contributed by atoms with Gasteiger partial charge in [-0.05, 0) is 37.1 Å². The molecule has 1 fully saturated rings. The summed E-state index contributed by atoms with van der Waals surface area (Å²) in [4.78, 5) is 30.4. The minimum Gasteiger partial charge on any atom is -0.478 e. The van der Waals surface area contributed by atoms with E-state index in [2.05, 4.69) is 10.3 Å². The van der Waals surface area contributed by atoms with Gasteiger partial charge in [0.15, 0.2) is 0 Å². The fourth-order valence-corrected chi connectivity index (χ4v) is 3.24. The number of hydrogen-bond donors (Lipinski definition) is 2. The van der Waals surface area contributed by atoms with Gasteiger partial charge < -0.3 is 15.3 Å². The molecule has 6 nitrogen and oxygen atoms in total. The van der Waals surface area contributed by atoms with Crippen molar-refractivity contribution >= 4 is 35.0 Å². The fraction of sp³-hybridized carbons (Fsp3) is 0.316. The van der Waals surface area contributed by atoms with E-state index in [4.69, 9.17) is 11.6 Å². The molecule has 0 radical (unpaired) electrons. The second-order valence-corrected chi connectivity index (χ2v) is 6.70. The third-order valence-corrected chi connectivity index (χ3v) is 4.58. The Bertz CT molecular complexity index is 817. The van der Waals surface area contributed by atoms with E-state index < -0.39 is 5.97 Å². The highest BCUT2D eigenvalue weighted by atomic mass is 35.5. The molecule has 3 rings (SSSR count). The maximum Gasteiger partial charge on any atom is 0.339 e. The van der Waals surface area contributed by atoms with Crippen LogP contribution in [0.25, 0.3) is 0 Å². The van der Waals surface area contributed by atoms with Crippen molar-refractivity contribution in [1.82, 2.24) is 4.98 Å². The van der Waals surface area contributed by atoms with Gasteiger partial charge in [0.05, 0.1) is 11.9 Å². The highest BCUT2D eigenvalue weighted by Crippen LogP contribution is 2.24. The number of nitrogens with zero attached hydrogens (tertiary/aromatic N) is 2. The molecule has 7 heteroatoms. The van der Waals surface area contributed by atoms with Gasteiger partial charge in [0, 0.05) is 23.7 Å². The van der Waals surface area contributed by atoms with Crippen LogP contribution in [-0.2, 0) is 0 Å². The molecule has 0 aliphatic carbocycles. The summed E-state index contributed by atoms with van der Waals surface area (Å²) in [5.41, 5.74) is 0.827. The van der Waals surface area contributed by atoms with Crippen LogP contribution in [-0.4, -0.2) is 35.1 Å². The summed E-state index contributed by atoms with van der Waals surface area (Å²) in [7, 11) is 0. The molecule has 1 aromatic carbocycles. The lowest BCUT2D eigenvalue weighted by Crippen LogP contribution is -2.27. The van der Waals surface area contributed by atoms with Gasteiger partial charge in [-0.1, -0.05) is 30.5 Å². The Morgan fingerprint density at radius 2 is 1.85 bits per heavy atom. The van der Waals surface area contributed by atoms with Gasteiger partial charge in [-0.2, -0.15) is 0 Å². The van der Waals surface area contributed by atoms with Crippen molar-refractivity contribution in [2.24, 2.45) is 0 Å². The Morgan fingerprint density at radius 3 is 2.50 bits per heavy atom. The zero-order valence-corrected chi connectivity index (χ0v) is 15.0. The third kappa shape index (κ3) is 4.32. The average Bonchev–Trinajstić information content (AvgIpc) is 2.91. The number of halogens is 1. The van der Waals surface area contributed by atoms with Crippen molar-refractivity contribution in [3.05, 3.63) is 52.7 Å². The van der Waals surface area contributed by atoms with E-state index in [1.807, 2.05) is 4.90 Å². The van der Waals surface area contributed by atoms with Crippen LogP contribution >= 0.6 is 11.6 Å². The number of anilines is 2. The molecule has 136 valence electrons. The Labute approximate surface area is 156 Å². The fourth-order valence-electron chi connectivity index (χ4n) is 3.05. The van der Waals surface area contributed by atoms with Crippen molar-refractivity contribution in [3.8, 4) is 0 Å². The van der Waals surface area contributed by atoms with Crippen molar-refractivity contribution in [1.29, 1.82) is 0 Å². The van der Waals surface area contributed by atoms with Crippen LogP contribution in [0.1, 0.15) is 46.4 Å². The quantitative estimate of drug-likeness (QED) is 0.844. The van der Waals surface area contributed by atoms with Crippen molar-refractivity contribution in [2.45, 2.75) is 25.7 Å². The third-order valence-electron chi connectivity index (χ3n) is 4.35. The molecule has 0 atom stereocenters. The topological polar surface area (TPSA) is 82.5 Å². The standard InChI is InChI=1S/C19H20ClN3O3/c20-14-7-5-6-13(10-14)18(24)22-15-11-16(19(25)26)17(21-12-15)23-8-3-1-2-4-9-23/h5-7,10-12H,1-4,8-9H2,(H,22,24)(H,25,26). The molecule has 26 heavy (non-hydrogen) atoms. The second kappa shape index (κ2) is 8.19. The molecule has 1 amide bonds. The number of benzene rings is 1. The van der Waals surface area contributed by atoms with Crippen LogP contribution < -0.4 is 10.2 Å². The zero-order chi connectivity index (χ0) is 18.5. The predicted octanol–water partition coefficient (Wildman–Crippen LogP) is 4.07. The number of pyridine rings is 1. The Morgan fingerprint density at radius 1 is 1.12 bits per heavy atom. The van der Waals surface area contributed by atoms with Gasteiger partial charge >= 0.3 is 5.97 Å². The molecule has 1 aliphatic rings. The van der Waals surface area contributed by atoms with E-state index in [1.54, 1.807) is 24.3 Å². The van der Waals surface area contributed by atoms with Crippen LogP contribution in [0.5, 0.6) is 0 Å². The van der Waals surface area contributed by atoms with E-state index in [0.29, 0.717) is 22.1 Å². The van der Waals surface area contributed by atoms with E-state index in [0.717, 1.165) is 38.8 Å². The molecule has 0 saturated carbocycles. The van der Waals surface area contributed by atoms with Gasteiger partial charge in [-0.3, -0.25) is 4.79 Å². The molecule has 1 aromatic heterocycles. The molecule has 2 N–H and O–H groups in total. The van der Waals surface area contributed by atoms with Crippen LogP contribution in [0.15, 0.2) is 36.5 Å². The summed E-state index contributed by atoms with van der Waals surface area (Å²) in [5.74, 6) is -0.969. The number of aromatic nitrogens is 1. The van der Waals surface area contributed by atoms with Gasteiger partial charge in [-0.25, -0.2) is 9.78 Å². The zero-order valence-electron chi connectivity index (χ0n) is 14.2. The Hall–Kier alpha value is -2.60. The first kappa shape index (κ1) is 18.2. The summed E-state index contributed by atoms with van der Waals surface area (Å²) >= 11 is 5.90. The first-order valence-electron chi connectivity index (χ1n) is 8.60. The van der Waals surface area contributed by atoms with E-state index in [9.17, 15) is 14.7 Å². The summed E-state index contributed by atoms with van der Waals surface area (Å²) < 4.78 is 0. The summed E-state index contributed by atoms with van der Waals surface area (Å²) in [6.07, 6.45) is 5.83. The number of nitrogens with one attached hydrogen (secondary N) is 1. The SMILES string of the molecule is O=C(Nc1cnc(N2CCCCCC2)c(C(=O)O)c1)c1cccc(Cl)c1. The van der Waals surface area contributed by atoms with Gasteiger partial charge in [-0.15, -0.1) is 0 Å². The van der Waals surface area contributed by atoms with E-state index in [-0.39, 0.29) is 11.5 Å². The Kier molecular flexibility index (Phi) is 5.73. The smallest absolute Gasteiger partial charge is 0.339 e. The van der Waals surface area contributed by atoms with Gasteiger partial charge in [0.25, 0.3) is 5.91 Å². The number of carbonyl (C=O) groups is 2. The predicted molar refractivity (Wildman–Crippen MR) is 101 cm³/mol. The molecule has 0 unspecified atom stereocenters. The van der Waals surface area contributed by atoms with E-state index >= 15 is 0 Å². The highest BCUT2D eigenvalue weighted by Gasteiger charge is 2.20. The van der Waals surface area contributed by atoms with Crippen molar-refractivity contribution in [2.75, 3.05) is 23.3 Å². The lowest BCUT2D eigenvalue weighted by atomic mass is 10.2. The molecule has 0 spiro atoms. The van der Waals surface area contributed by atoms with Crippen molar-refractivity contribution in [3.63, 3.8) is 0 Å². The highest BCUT2D eigenvalue weighted by molar-refractivity contribution is 6.31. The first-order valence-corrected chi connectivity index (χ1v) is 8.97. The van der Waals surface area contributed by atoms with Crippen LogP contribution in [0.4, 0.5) is 11.5 Å². The number of carboxylic acids is 1. The number of aromatic carboxylic acids is 1. The van der Waals surface area contributed by atoms with Gasteiger partial charge in [0.1, 0.15) is 11.4 Å².